The molecule has 0 saturated carbocycles. The third-order valence-electron chi connectivity index (χ3n) is 5.72. The molecule has 0 bridgehead atoms. The van der Waals surface area contributed by atoms with Crippen molar-refractivity contribution in [2.45, 2.75) is 51.0 Å². The monoisotopic (exact) mass is 491 g/mol. The molecule has 0 fully saturated rings. The van der Waals surface area contributed by atoms with Crippen molar-refractivity contribution in [2.75, 3.05) is 18.0 Å². The standard InChI is InChI=1S/C24H30ClN3O4S/c1-4-22(29)28-14-12-18-15-20(9-10-21(18)28)33(31,32)27-23(16(2)3)24(30)26-13-11-17-5-7-19(25)8-6-17/h5-10,15-16,23,27H,4,11-14H2,1-3H3,(H,26,30)/t23-/m0/s1. The van der Waals surface area contributed by atoms with Crippen LogP contribution in [0.15, 0.2) is 47.4 Å². The molecule has 1 atom stereocenters. The van der Waals surface area contributed by atoms with Crippen molar-refractivity contribution >= 4 is 39.1 Å². The highest BCUT2D eigenvalue weighted by atomic mass is 35.5. The number of benzene rings is 2. The van der Waals surface area contributed by atoms with Crippen LogP contribution in [-0.4, -0.2) is 39.4 Å². The molecule has 2 aromatic carbocycles. The molecule has 2 N–H and O–H groups in total. The first-order chi connectivity index (χ1) is 15.6. The van der Waals surface area contributed by atoms with Crippen molar-refractivity contribution in [3.63, 3.8) is 0 Å². The lowest BCUT2D eigenvalue weighted by molar-refractivity contribution is -0.123. The number of carbonyl (C=O) groups is 2. The zero-order valence-corrected chi connectivity index (χ0v) is 20.7. The molecule has 0 saturated heterocycles. The molecular formula is C24H30ClN3O4S. The average molecular weight is 492 g/mol. The van der Waals surface area contributed by atoms with Gasteiger partial charge in [-0.15, -0.1) is 0 Å². The Morgan fingerprint density at radius 3 is 2.45 bits per heavy atom. The number of nitrogens with one attached hydrogen (secondary N) is 2. The highest BCUT2D eigenvalue weighted by Crippen LogP contribution is 2.30. The first-order valence-corrected chi connectivity index (χ1v) is 13.0. The largest absolute Gasteiger partial charge is 0.354 e. The minimum Gasteiger partial charge on any atom is -0.354 e. The molecule has 9 heteroatoms. The van der Waals surface area contributed by atoms with Crippen LogP contribution in [0.1, 0.15) is 38.3 Å². The Kier molecular flexibility index (Phi) is 8.15. The summed E-state index contributed by atoms with van der Waals surface area (Å²) in [6.07, 6.45) is 1.60. The van der Waals surface area contributed by atoms with Crippen LogP contribution in [0, 0.1) is 5.92 Å². The number of hydrogen-bond acceptors (Lipinski definition) is 4. The molecule has 1 aliphatic heterocycles. The van der Waals surface area contributed by atoms with Crippen molar-refractivity contribution in [3.05, 3.63) is 58.6 Å². The first kappa shape index (κ1) is 25.2. The molecule has 2 aromatic rings. The Bertz CT molecular complexity index is 1120. The molecule has 178 valence electrons. The lowest BCUT2D eigenvalue weighted by atomic mass is 10.0. The second-order valence-electron chi connectivity index (χ2n) is 8.45. The summed E-state index contributed by atoms with van der Waals surface area (Å²) in [6.45, 7) is 6.32. The lowest BCUT2D eigenvalue weighted by Crippen LogP contribution is -2.49. The van der Waals surface area contributed by atoms with Gasteiger partial charge in [-0.05, 0) is 60.2 Å². The predicted octanol–water partition coefficient (Wildman–Crippen LogP) is 3.30. The van der Waals surface area contributed by atoms with Crippen molar-refractivity contribution in [1.29, 1.82) is 0 Å². The maximum absolute atomic E-state index is 13.1. The van der Waals surface area contributed by atoms with Crippen LogP contribution in [-0.2, 0) is 32.5 Å². The fourth-order valence-electron chi connectivity index (χ4n) is 3.81. The van der Waals surface area contributed by atoms with E-state index in [0.29, 0.717) is 37.4 Å². The molecule has 0 aliphatic carbocycles. The molecule has 0 aromatic heterocycles. The smallest absolute Gasteiger partial charge is 0.241 e. The fraction of sp³-hybridized carbons (Fsp3) is 0.417. The van der Waals surface area contributed by atoms with Gasteiger partial charge in [0.15, 0.2) is 0 Å². The summed E-state index contributed by atoms with van der Waals surface area (Å²) in [5.41, 5.74) is 2.59. The van der Waals surface area contributed by atoms with E-state index in [0.717, 1.165) is 16.8 Å². The second kappa shape index (κ2) is 10.7. The molecule has 2 amide bonds. The zero-order chi connectivity index (χ0) is 24.2. The van der Waals surface area contributed by atoms with Crippen molar-refractivity contribution in [3.8, 4) is 0 Å². The molecule has 7 nitrogen and oxygen atoms in total. The van der Waals surface area contributed by atoms with E-state index < -0.39 is 16.1 Å². The number of carbonyl (C=O) groups excluding carboxylic acids is 2. The van der Waals surface area contributed by atoms with E-state index in [-0.39, 0.29) is 22.6 Å². The number of nitrogens with zero attached hydrogens (tertiary/aromatic N) is 1. The summed E-state index contributed by atoms with van der Waals surface area (Å²) < 4.78 is 28.7. The number of hydrogen-bond donors (Lipinski definition) is 2. The molecule has 0 spiro atoms. The van der Waals surface area contributed by atoms with Crippen molar-refractivity contribution < 1.29 is 18.0 Å². The summed E-state index contributed by atoms with van der Waals surface area (Å²) in [7, 11) is -3.93. The summed E-state index contributed by atoms with van der Waals surface area (Å²) in [5, 5.41) is 3.47. The second-order valence-corrected chi connectivity index (χ2v) is 10.6. The van der Waals surface area contributed by atoms with Gasteiger partial charge in [0.1, 0.15) is 6.04 Å². The van der Waals surface area contributed by atoms with Crippen LogP contribution in [0.4, 0.5) is 5.69 Å². The minimum atomic E-state index is -3.93. The van der Waals surface area contributed by atoms with Crippen LogP contribution < -0.4 is 14.9 Å². The predicted molar refractivity (Wildman–Crippen MR) is 130 cm³/mol. The zero-order valence-electron chi connectivity index (χ0n) is 19.1. The van der Waals surface area contributed by atoms with Crippen molar-refractivity contribution in [2.24, 2.45) is 5.92 Å². The summed E-state index contributed by atoms with van der Waals surface area (Å²) >= 11 is 5.89. The van der Waals surface area contributed by atoms with Gasteiger partial charge in [0.25, 0.3) is 0 Å². The quantitative estimate of drug-likeness (QED) is 0.562. The first-order valence-electron chi connectivity index (χ1n) is 11.1. The number of amides is 2. The molecule has 1 heterocycles. The van der Waals surface area contributed by atoms with Gasteiger partial charge in [-0.1, -0.05) is 44.5 Å². The van der Waals surface area contributed by atoms with Gasteiger partial charge < -0.3 is 10.2 Å². The van der Waals surface area contributed by atoms with E-state index in [9.17, 15) is 18.0 Å². The highest BCUT2D eigenvalue weighted by molar-refractivity contribution is 7.89. The number of fused-ring (bicyclic) bond motifs is 1. The van der Waals surface area contributed by atoms with Crippen LogP contribution in [0.3, 0.4) is 0 Å². The SMILES string of the molecule is CCC(=O)N1CCc2cc(S(=O)(=O)N[C@H](C(=O)NCCc3ccc(Cl)cc3)C(C)C)ccc21. The lowest BCUT2D eigenvalue weighted by Gasteiger charge is -2.22. The maximum Gasteiger partial charge on any atom is 0.241 e. The Morgan fingerprint density at radius 1 is 1.12 bits per heavy atom. The number of anilines is 1. The normalized spacial score (nSPS) is 14.3. The molecule has 33 heavy (non-hydrogen) atoms. The van der Waals surface area contributed by atoms with Gasteiger partial charge in [-0.2, -0.15) is 4.72 Å². The van der Waals surface area contributed by atoms with E-state index in [4.69, 9.17) is 11.6 Å². The molecule has 0 unspecified atom stereocenters. The Morgan fingerprint density at radius 2 is 1.82 bits per heavy atom. The summed E-state index contributed by atoms with van der Waals surface area (Å²) in [5.74, 6) is -0.608. The Hall–Kier alpha value is -2.42. The number of halogens is 1. The van der Waals surface area contributed by atoms with Crippen LogP contribution >= 0.6 is 11.6 Å². The third-order valence-corrected chi connectivity index (χ3v) is 7.41. The molecular weight excluding hydrogens is 462 g/mol. The molecule has 3 rings (SSSR count). The van der Waals surface area contributed by atoms with Crippen LogP contribution in [0.25, 0.3) is 0 Å². The van der Waals surface area contributed by atoms with E-state index in [2.05, 4.69) is 10.0 Å². The maximum atomic E-state index is 13.1. The van der Waals surface area contributed by atoms with Gasteiger partial charge in [0.05, 0.1) is 4.90 Å². The average Bonchev–Trinajstić information content (AvgIpc) is 3.21. The third kappa shape index (κ3) is 6.13. The van der Waals surface area contributed by atoms with E-state index in [1.54, 1.807) is 49.9 Å². The van der Waals surface area contributed by atoms with E-state index >= 15 is 0 Å². The van der Waals surface area contributed by atoms with Crippen molar-refractivity contribution in [1.82, 2.24) is 10.0 Å². The Labute approximate surface area is 200 Å². The molecule has 0 radical (unpaired) electrons. The van der Waals surface area contributed by atoms with E-state index in [1.807, 2.05) is 12.1 Å². The van der Waals surface area contributed by atoms with Crippen LogP contribution in [0.2, 0.25) is 5.02 Å². The number of rotatable bonds is 9. The molecule has 1 aliphatic rings. The van der Waals surface area contributed by atoms with Gasteiger partial charge in [-0.25, -0.2) is 8.42 Å². The summed E-state index contributed by atoms with van der Waals surface area (Å²) in [6, 6.07) is 11.2. The minimum absolute atomic E-state index is 0.0117. The van der Waals surface area contributed by atoms with Crippen LogP contribution in [0.5, 0.6) is 0 Å². The fourth-order valence-corrected chi connectivity index (χ4v) is 5.33. The van der Waals surface area contributed by atoms with Gasteiger partial charge in [-0.3, -0.25) is 9.59 Å². The topological polar surface area (TPSA) is 95.6 Å². The van der Waals surface area contributed by atoms with Gasteiger partial charge >= 0.3 is 0 Å². The van der Waals surface area contributed by atoms with Gasteiger partial charge in [0.2, 0.25) is 21.8 Å². The number of sulfonamides is 1. The van der Waals surface area contributed by atoms with Gasteiger partial charge in [0, 0.05) is 30.2 Å². The highest BCUT2D eigenvalue weighted by Gasteiger charge is 2.30. The van der Waals surface area contributed by atoms with E-state index in [1.165, 1.54) is 6.07 Å². The Balaban J connectivity index is 1.67. The summed E-state index contributed by atoms with van der Waals surface area (Å²) in [4.78, 5) is 26.6.